The number of hydrogen-bond donors (Lipinski definition) is 0. The minimum atomic E-state index is -5.72. The summed E-state index contributed by atoms with van der Waals surface area (Å²) in [6.07, 6.45) is -10.7. The Labute approximate surface area is 107 Å². The van der Waals surface area contributed by atoms with E-state index >= 15 is 0 Å². The number of rotatable bonds is 5. The van der Waals surface area contributed by atoms with E-state index in [1.165, 1.54) is 6.92 Å². The zero-order valence-corrected chi connectivity index (χ0v) is 10.8. The first-order valence-electron chi connectivity index (χ1n) is 5.77. The van der Waals surface area contributed by atoms with Crippen molar-refractivity contribution in [3.05, 3.63) is 0 Å². The Hall–Kier alpha value is -0.950. The lowest BCUT2D eigenvalue weighted by Crippen LogP contribution is -2.57. The molecule has 0 aromatic rings. The molecule has 0 saturated carbocycles. The van der Waals surface area contributed by atoms with Gasteiger partial charge < -0.3 is 4.74 Å². The fourth-order valence-electron chi connectivity index (χ4n) is 1.40. The summed E-state index contributed by atoms with van der Waals surface area (Å²) >= 11 is 0. The van der Waals surface area contributed by atoms with Crippen molar-refractivity contribution < 1.29 is 35.9 Å². The summed E-state index contributed by atoms with van der Waals surface area (Å²) in [7, 11) is 0. The molecule has 0 aromatic carbocycles. The van der Waals surface area contributed by atoms with E-state index in [1.54, 1.807) is 6.92 Å². The molecule has 0 heterocycles. The van der Waals surface area contributed by atoms with E-state index in [2.05, 4.69) is 4.74 Å². The first-order valence-corrected chi connectivity index (χ1v) is 5.77. The Morgan fingerprint density at radius 2 is 1.47 bits per heavy atom. The zero-order chi connectivity index (χ0) is 15.5. The van der Waals surface area contributed by atoms with Crippen LogP contribution in [-0.4, -0.2) is 23.9 Å². The lowest BCUT2D eigenvalue weighted by molar-refractivity contribution is -0.363. The quantitative estimate of drug-likeness (QED) is 0.560. The Morgan fingerprint density at radius 1 is 1.05 bits per heavy atom. The van der Waals surface area contributed by atoms with E-state index in [9.17, 15) is 31.1 Å². The molecule has 0 aliphatic heterocycles. The molecule has 0 amide bonds. The van der Waals surface area contributed by atoms with Crippen LogP contribution in [0, 0.1) is 5.92 Å². The van der Waals surface area contributed by atoms with Crippen molar-refractivity contribution in [2.24, 2.45) is 5.92 Å². The summed E-state index contributed by atoms with van der Waals surface area (Å²) in [6, 6.07) is 0. The van der Waals surface area contributed by atoms with Crippen LogP contribution in [0.3, 0.4) is 0 Å². The maximum Gasteiger partial charge on any atom is 0.437 e. The van der Waals surface area contributed by atoms with Crippen LogP contribution in [0.5, 0.6) is 0 Å². The summed E-state index contributed by atoms with van der Waals surface area (Å²) in [5.74, 6) is -2.43. The molecule has 1 unspecified atom stereocenters. The van der Waals surface area contributed by atoms with Crippen molar-refractivity contribution in [1.82, 2.24) is 0 Å². The Bertz CT molecular complexity index is 293. The number of alkyl halides is 6. The fraction of sp³-hybridized carbons (Fsp3) is 0.909. The van der Waals surface area contributed by atoms with Crippen LogP contribution >= 0.6 is 0 Å². The molecule has 0 saturated heterocycles. The predicted octanol–water partition coefficient (Wildman–Crippen LogP) is 4.24. The van der Waals surface area contributed by atoms with E-state index in [-0.39, 0.29) is 19.8 Å². The molecular formula is C11H16F6O2. The molecule has 0 radical (unpaired) electrons. The Kier molecular flexibility index (Phi) is 5.70. The lowest BCUT2D eigenvalue weighted by atomic mass is 9.99. The van der Waals surface area contributed by atoms with Crippen molar-refractivity contribution in [2.75, 3.05) is 0 Å². The summed E-state index contributed by atoms with van der Waals surface area (Å²) < 4.78 is 78.9. The van der Waals surface area contributed by atoms with Crippen LogP contribution in [0.25, 0.3) is 0 Å². The molecule has 0 aromatic heterocycles. The van der Waals surface area contributed by atoms with Gasteiger partial charge in [0.15, 0.2) is 0 Å². The first-order chi connectivity index (χ1) is 8.40. The Morgan fingerprint density at radius 3 is 1.74 bits per heavy atom. The molecule has 0 N–H and O–H groups in total. The third kappa shape index (κ3) is 4.01. The van der Waals surface area contributed by atoms with Crippen LogP contribution in [0.2, 0.25) is 0 Å². The number of hydrogen-bond acceptors (Lipinski definition) is 2. The van der Waals surface area contributed by atoms with Gasteiger partial charge >= 0.3 is 18.3 Å². The molecule has 0 bridgehead atoms. The van der Waals surface area contributed by atoms with Crippen LogP contribution in [0.1, 0.15) is 40.0 Å². The number of esters is 1. The van der Waals surface area contributed by atoms with Gasteiger partial charge in [-0.05, 0) is 19.8 Å². The summed E-state index contributed by atoms with van der Waals surface area (Å²) in [5.41, 5.74) is -4.47. The van der Waals surface area contributed by atoms with Crippen molar-refractivity contribution >= 4 is 5.97 Å². The third-order valence-corrected chi connectivity index (χ3v) is 2.85. The zero-order valence-electron chi connectivity index (χ0n) is 10.8. The van der Waals surface area contributed by atoms with E-state index in [0.717, 1.165) is 0 Å². The highest BCUT2D eigenvalue weighted by Crippen LogP contribution is 2.46. The molecule has 2 nitrogen and oxygen atoms in total. The van der Waals surface area contributed by atoms with Gasteiger partial charge in [-0.25, -0.2) is 0 Å². The molecule has 0 aliphatic carbocycles. The van der Waals surface area contributed by atoms with E-state index < -0.39 is 29.8 Å². The standard InChI is InChI=1S/C11H16F6O2/c1-4-6-7(5-2)8(18)19-9(3,10(12,13)14)11(15,16)17/h7H,4-6H2,1-3H3. The average Bonchev–Trinajstić information content (AvgIpc) is 2.22. The van der Waals surface area contributed by atoms with Gasteiger partial charge in [0, 0.05) is 0 Å². The van der Waals surface area contributed by atoms with Crippen LogP contribution in [0.4, 0.5) is 26.3 Å². The summed E-state index contributed by atoms with van der Waals surface area (Å²) in [4.78, 5) is 11.5. The molecule has 0 spiro atoms. The third-order valence-electron chi connectivity index (χ3n) is 2.85. The fourth-order valence-corrected chi connectivity index (χ4v) is 1.40. The van der Waals surface area contributed by atoms with Gasteiger partial charge in [0.25, 0.3) is 5.60 Å². The highest BCUT2D eigenvalue weighted by Gasteiger charge is 2.71. The average molecular weight is 294 g/mol. The van der Waals surface area contributed by atoms with Crippen molar-refractivity contribution in [3.63, 3.8) is 0 Å². The minimum Gasteiger partial charge on any atom is -0.439 e. The Balaban J connectivity index is 5.21. The van der Waals surface area contributed by atoms with Crippen LogP contribution < -0.4 is 0 Å². The SMILES string of the molecule is CCCC(CC)C(=O)OC(C)(C(F)(F)F)C(F)(F)F. The van der Waals surface area contributed by atoms with Crippen molar-refractivity contribution in [2.45, 2.75) is 58.0 Å². The smallest absolute Gasteiger partial charge is 0.437 e. The number of carbonyl (C=O) groups is 1. The minimum absolute atomic E-state index is 0.123. The van der Waals surface area contributed by atoms with Gasteiger partial charge in [-0.3, -0.25) is 4.79 Å². The van der Waals surface area contributed by atoms with E-state index in [4.69, 9.17) is 0 Å². The second-order valence-electron chi connectivity index (χ2n) is 4.34. The highest BCUT2D eigenvalue weighted by atomic mass is 19.4. The molecule has 1 atom stereocenters. The monoisotopic (exact) mass is 294 g/mol. The van der Waals surface area contributed by atoms with Crippen molar-refractivity contribution in [3.8, 4) is 0 Å². The predicted molar refractivity (Wildman–Crippen MR) is 55.3 cm³/mol. The highest BCUT2D eigenvalue weighted by molar-refractivity contribution is 5.73. The molecule has 8 heteroatoms. The second kappa shape index (κ2) is 6.00. The van der Waals surface area contributed by atoms with Gasteiger partial charge in [-0.1, -0.05) is 20.3 Å². The molecule has 0 fully saturated rings. The topological polar surface area (TPSA) is 26.3 Å². The molecule has 114 valence electrons. The second-order valence-corrected chi connectivity index (χ2v) is 4.34. The van der Waals surface area contributed by atoms with Gasteiger partial charge in [0.2, 0.25) is 0 Å². The normalized spacial score (nSPS) is 15.2. The van der Waals surface area contributed by atoms with Crippen LogP contribution in [-0.2, 0) is 9.53 Å². The number of halogens is 6. The lowest BCUT2D eigenvalue weighted by Gasteiger charge is -2.34. The maximum absolute atomic E-state index is 12.5. The van der Waals surface area contributed by atoms with Gasteiger partial charge in [-0.2, -0.15) is 26.3 Å². The van der Waals surface area contributed by atoms with Gasteiger partial charge in [0.05, 0.1) is 5.92 Å². The molecular weight excluding hydrogens is 278 g/mol. The number of carbonyl (C=O) groups excluding carboxylic acids is 1. The van der Waals surface area contributed by atoms with Gasteiger partial charge in [-0.15, -0.1) is 0 Å². The summed E-state index contributed by atoms with van der Waals surface area (Å²) in [5, 5.41) is 0. The maximum atomic E-state index is 12.5. The number of ether oxygens (including phenoxy) is 1. The first kappa shape index (κ1) is 18.0. The molecule has 19 heavy (non-hydrogen) atoms. The van der Waals surface area contributed by atoms with E-state index in [0.29, 0.717) is 6.42 Å². The molecule has 0 aliphatic rings. The molecule has 0 rings (SSSR count). The summed E-state index contributed by atoms with van der Waals surface area (Å²) in [6.45, 7) is 2.99. The van der Waals surface area contributed by atoms with Gasteiger partial charge in [0.1, 0.15) is 0 Å². The van der Waals surface area contributed by atoms with Crippen molar-refractivity contribution in [1.29, 1.82) is 0 Å². The largest absolute Gasteiger partial charge is 0.439 e. The van der Waals surface area contributed by atoms with E-state index in [1.807, 2.05) is 0 Å². The van der Waals surface area contributed by atoms with Crippen LogP contribution in [0.15, 0.2) is 0 Å².